The number of rotatable bonds is 1. The van der Waals surface area contributed by atoms with E-state index in [-0.39, 0.29) is 17.9 Å². The molecule has 10 heavy (non-hydrogen) atoms. The highest BCUT2D eigenvalue weighted by molar-refractivity contribution is 5.93. The zero-order valence-corrected chi connectivity index (χ0v) is 5.66. The van der Waals surface area contributed by atoms with Gasteiger partial charge in [0.15, 0.2) is 5.78 Å². The second-order valence-electron chi connectivity index (χ2n) is 2.18. The second-order valence-corrected chi connectivity index (χ2v) is 2.18. The van der Waals surface area contributed by atoms with E-state index in [0.717, 1.165) is 0 Å². The lowest BCUT2D eigenvalue weighted by Gasteiger charge is -2.05. The number of ketones is 1. The number of carbonyl (C=O) groups excluding carboxylic acids is 2. The van der Waals surface area contributed by atoms with Crippen molar-refractivity contribution in [3.05, 3.63) is 12.2 Å². The van der Waals surface area contributed by atoms with Gasteiger partial charge in [0, 0.05) is 6.92 Å². The Bertz CT molecular complexity index is 193. The molecule has 0 aromatic heterocycles. The van der Waals surface area contributed by atoms with E-state index in [1.165, 1.54) is 13.0 Å². The summed E-state index contributed by atoms with van der Waals surface area (Å²) in [4.78, 5) is 20.9. The van der Waals surface area contributed by atoms with E-state index in [2.05, 4.69) is 0 Å². The lowest BCUT2D eigenvalue weighted by atomic mass is 10.3. The minimum absolute atomic E-state index is 0.0197. The van der Waals surface area contributed by atoms with Gasteiger partial charge in [-0.05, 0) is 12.2 Å². The molecule has 0 aliphatic heterocycles. The average molecular weight is 140 g/mol. The van der Waals surface area contributed by atoms with Crippen molar-refractivity contribution in [3.63, 3.8) is 0 Å². The van der Waals surface area contributed by atoms with Gasteiger partial charge >= 0.3 is 5.97 Å². The lowest BCUT2D eigenvalue weighted by Crippen LogP contribution is -2.12. The number of allylic oxidation sites excluding steroid dienone is 1. The van der Waals surface area contributed by atoms with Gasteiger partial charge in [-0.3, -0.25) is 9.59 Å². The number of hydrogen-bond donors (Lipinski definition) is 0. The molecule has 0 unspecified atom stereocenters. The Kier molecular flexibility index (Phi) is 1.85. The second kappa shape index (κ2) is 2.64. The van der Waals surface area contributed by atoms with Crippen LogP contribution in [0.2, 0.25) is 0 Å². The Morgan fingerprint density at radius 3 is 2.90 bits per heavy atom. The fraction of sp³-hybridized carbons (Fsp3) is 0.429. The summed E-state index contributed by atoms with van der Waals surface area (Å²) in [6, 6.07) is 0. The van der Waals surface area contributed by atoms with Crippen LogP contribution in [0.5, 0.6) is 0 Å². The number of hydrogen-bond acceptors (Lipinski definition) is 3. The van der Waals surface area contributed by atoms with Gasteiger partial charge in [-0.2, -0.15) is 0 Å². The highest BCUT2D eigenvalue weighted by Crippen LogP contribution is 2.09. The van der Waals surface area contributed by atoms with Crippen LogP contribution >= 0.6 is 0 Å². The molecule has 0 saturated heterocycles. The van der Waals surface area contributed by atoms with Gasteiger partial charge in [-0.15, -0.1) is 0 Å². The first-order valence-electron chi connectivity index (χ1n) is 3.07. The predicted molar refractivity (Wildman–Crippen MR) is 34.3 cm³/mol. The van der Waals surface area contributed by atoms with Gasteiger partial charge in [-0.1, -0.05) is 0 Å². The fourth-order valence-corrected chi connectivity index (χ4v) is 0.843. The Balaban J connectivity index is 2.40. The molecule has 3 nitrogen and oxygen atoms in total. The van der Waals surface area contributed by atoms with Crippen molar-refractivity contribution in [1.82, 2.24) is 0 Å². The van der Waals surface area contributed by atoms with Crippen LogP contribution in [-0.2, 0) is 14.3 Å². The third kappa shape index (κ3) is 1.69. The van der Waals surface area contributed by atoms with Gasteiger partial charge < -0.3 is 4.74 Å². The Morgan fingerprint density at radius 2 is 2.50 bits per heavy atom. The summed E-state index contributed by atoms with van der Waals surface area (Å²) in [6.07, 6.45) is 3.03. The topological polar surface area (TPSA) is 43.4 Å². The normalized spacial score (nSPS) is 23.3. The monoisotopic (exact) mass is 140 g/mol. The minimum Gasteiger partial charge on any atom is -0.458 e. The molecular formula is C7H8O3. The molecule has 0 bridgehead atoms. The fourth-order valence-electron chi connectivity index (χ4n) is 0.843. The minimum atomic E-state index is -0.343. The van der Waals surface area contributed by atoms with E-state index in [4.69, 9.17) is 4.74 Å². The van der Waals surface area contributed by atoms with E-state index < -0.39 is 0 Å². The number of esters is 1. The maximum absolute atomic E-state index is 10.6. The van der Waals surface area contributed by atoms with Crippen LogP contribution in [-0.4, -0.2) is 17.9 Å². The molecule has 0 saturated carbocycles. The van der Waals surface area contributed by atoms with Gasteiger partial charge in [0.05, 0.1) is 6.42 Å². The molecule has 0 aromatic carbocycles. The summed E-state index contributed by atoms with van der Waals surface area (Å²) in [5.74, 6) is -0.324. The van der Waals surface area contributed by atoms with Gasteiger partial charge in [0.1, 0.15) is 6.10 Å². The molecule has 1 aliphatic rings. The highest BCUT2D eigenvalue weighted by Gasteiger charge is 2.17. The summed E-state index contributed by atoms with van der Waals surface area (Å²) in [5.41, 5.74) is 0. The molecule has 3 heteroatoms. The SMILES string of the molecule is CC(=O)O[C@H]1C=CC(=O)C1. The highest BCUT2D eigenvalue weighted by atomic mass is 16.5. The molecule has 0 amide bonds. The standard InChI is InChI=1S/C7H8O3/c1-5(8)10-7-3-2-6(9)4-7/h2-3,7H,4H2,1H3/t7-/m0/s1. The number of carbonyl (C=O) groups is 2. The van der Waals surface area contributed by atoms with Crippen LogP contribution in [0, 0.1) is 0 Å². The summed E-state index contributed by atoms with van der Waals surface area (Å²) in [5, 5.41) is 0. The lowest BCUT2D eigenvalue weighted by molar-refractivity contribution is -0.144. The smallest absolute Gasteiger partial charge is 0.303 e. The third-order valence-electron chi connectivity index (χ3n) is 1.22. The van der Waals surface area contributed by atoms with Gasteiger partial charge in [0.25, 0.3) is 0 Å². The Morgan fingerprint density at radius 1 is 1.80 bits per heavy atom. The summed E-state index contributed by atoms with van der Waals surface area (Å²) < 4.78 is 4.74. The van der Waals surface area contributed by atoms with Crippen LogP contribution in [0.3, 0.4) is 0 Å². The van der Waals surface area contributed by atoms with Crippen molar-refractivity contribution in [2.45, 2.75) is 19.4 Å². The van der Waals surface area contributed by atoms with Crippen molar-refractivity contribution in [2.75, 3.05) is 0 Å². The van der Waals surface area contributed by atoms with Crippen molar-refractivity contribution in [3.8, 4) is 0 Å². The summed E-state index contributed by atoms with van der Waals surface area (Å²) >= 11 is 0. The van der Waals surface area contributed by atoms with Crippen molar-refractivity contribution in [2.24, 2.45) is 0 Å². The van der Waals surface area contributed by atoms with Crippen LogP contribution in [0.4, 0.5) is 0 Å². The van der Waals surface area contributed by atoms with Crippen LogP contribution in [0.1, 0.15) is 13.3 Å². The van der Waals surface area contributed by atoms with Gasteiger partial charge in [-0.25, -0.2) is 0 Å². The first-order chi connectivity index (χ1) is 4.68. The first kappa shape index (κ1) is 6.99. The van der Waals surface area contributed by atoms with E-state index in [0.29, 0.717) is 6.42 Å². The predicted octanol–water partition coefficient (Wildman–Crippen LogP) is 0.447. The maximum Gasteiger partial charge on any atom is 0.303 e. The number of ether oxygens (including phenoxy) is 1. The zero-order chi connectivity index (χ0) is 7.56. The maximum atomic E-state index is 10.6. The molecule has 0 radical (unpaired) electrons. The van der Waals surface area contributed by atoms with Crippen LogP contribution < -0.4 is 0 Å². The molecule has 0 aromatic rings. The Labute approximate surface area is 58.7 Å². The molecule has 0 spiro atoms. The quantitative estimate of drug-likeness (QED) is 0.496. The van der Waals surface area contributed by atoms with Crippen LogP contribution in [0.15, 0.2) is 12.2 Å². The average Bonchev–Trinajstić information content (AvgIpc) is 2.13. The molecule has 1 aliphatic carbocycles. The van der Waals surface area contributed by atoms with E-state index in [1.807, 2.05) is 0 Å². The molecule has 54 valence electrons. The molecule has 1 rings (SSSR count). The molecule has 0 fully saturated rings. The molecular weight excluding hydrogens is 132 g/mol. The van der Waals surface area contributed by atoms with E-state index in [9.17, 15) is 9.59 Å². The van der Waals surface area contributed by atoms with Crippen molar-refractivity contribution in [1.29, 1.82) is 0 Å². The van der Waals surface area contributed by atoms with E-state index in [1.54, 1.807) is 6.08 Å². The molecule has 1 atom stereocenters. The summed E-state index contributed by atoms with van der Waals surface area (Å²) in [7, 11) is 0. The summed E-state index contributed by atoms with van der Waals surface area (Å²) in [6.45, 7) is 1.33. The zero-order valence-electron chi connectivity index (χ0n) is 5.66. The third-order valence-corrected chi connectivity index (χ3v) is 1.22. The largest absolute Gasteiger partial charge is 0.458 e. The molecule has 0 heterocycles. The first-order valence-corrected chi connectivity index (χ1v) is 3.07. The van der Waals surface area contributed by atoms with Gasteiger partial charge in [0.2, 0.25) is 0 Å². The van der Waals surface area contributed by atoms with E-state index >= 15 is 0 Å². The van der Waals surface area contributed by atoms with Crippen molar-refractivity contribution >= 4 is 11.8 Å². The Hall–Kier alpha value is -1.12. The van der Waals surface area contributed by atoms with Crippen LogP contribution in [0.25, 0.3) is 0 Å². The molecule has 0 N–H and O–H groups in total. The van der Waals surface area contributed by atoms with Crippen molar-refractivity contribution < 1.29 is 14.3 Å².